The number of nitrogens with one attached hydrogen (secondary N) is 1. The molecule has 0 fully saturated rings. The molecule has 6 heteroatoms. The first kappa shape index (κ1) is 21.0. The van der Waals surface area contributed by atoms with Gasteiger partial charge in [0.05, 0.1) is 18.0 Å². The molecule has 0 aliphatic carbocycles. The molecule has 27 heavy (non-hydrogen) atoms. The second kappa shape index (κ2) is 8.13. The number of aryl methyl sites for hydroxylation is 4. The van der Waals surface area contributed by atoms with Crippen molar-refractivity contribution >= 4 is 21.6 Å². The molecule has 0 aromatic heterocycles. The van der Waals surface area contributed by atoms with Crippen LogP contribution in [0.5, 0.6) is 0 Å². The predicted octanol–water partition coefficient (Wildman–Crippen LogP) is 3.56. The summed E-state index contributed by atoms with van der Waals surface area (Å²) >= 11 is 0. The van der Waals surface area contributed by atoms with Crippen molar-refractivity contribution < 1.29 is 13.2 Å². The minimum absolute atomic E-state index is 0.213. The van der Waals surface area contributed by atoms with Gasteiger partial charge in [-0.2, -0.15) is 0 Å². The lowest BCUT2D eigenvalue weighted by atomic mass is 9.96. The molecule has 0 spiro atoms. The van der Waals surface area contributed by atoms with Crippen LogP contribution in [-0.2, 0) is 14.8 Å². The number of para-hydroxylation sites is 1. The van der Waals surface area contributed by atoms with E-state index in [1.807, 2.05) is 39.8 Å². The largest absolute Gasteiger partial charge is 0.348 e. The van der Waals surface area contributed by atoms with Crippen LogP contribution in [0.15, 0.2) is 36.4 Å². The predicted molar refractivity (Wildman–Crippen MR) is 111 cm³/mol. The standard InChI is InChI=1S/C21H28N2O3S/c1-14-9-7-8-10-20(14)23(27(6,25)26)13-21(24)22-18(5)19-12-16(3)15(2)11-17(19)4/h7-12,18H,13H2,1-6H3,(H,22,24). The molecule has 0 radical (unpaired) electrons. The van der Waals surface area contributed by atoms with E-state index in [4.69, 9.17) is 0 Å². The number of hydrogen-bond donors (Lipinski definition) is 1. The van der Waals surface area contributed by atoms with Gasteiger partial charge < -0.3 is 5.32 Å². The SMILES string of the molecule is Cc1cc(C)c(C(C)NC(=O)CN(c2ccccc2C)S(C)(=O)=O)cc1C. The Morgan fingerprint density at radius 3 is 2.19 bits per heavy atom. The average Bonchev–Trinajstić information content (AvgIpc) is 2.55. The Morgan fingerprint density at radius 2 is 1.59 bits per heavy atom. The number of rotatable bonds is 6. The Labute approximate surface area is 162 Å². The molecule has 0 saturated carbocycles. The van der Waals surface area contributed by atoms with Crippen molar-refractivity contribution in [3.63, 3.8) is 0 Å². The van der Waals surface area contributed by atoms with Gasteiger partial charge in [0.2, 0.25) is 15.9 Å². The topological polar surface area (TPSA) is 66.5 Å². The van der Waals surface area contributed by atoms with Gasteiger partial charge in [-0.1, -0.05) is 30.3 Å². The van der Waals surface area contributed by atoms with Crippen LogP contribution in [0, 0.1) is 27.7 Å². The van der Waals surface area contributed by atoms with Crippen molar-refractivity contribution in [1.82, 2.24) is 5.32 Å². The van der Waals surface area contributed by atoms with Crippen molar-refractivity contribution in [1.29, 1.82) is 0 Å². The molecule has 5 nitrogen and oxygen atoms in total. The molecule has 0 aliphatic rings. The third-order valence-electron chi connectivity index (χ3n) is 4.80. The Hall–Kier alpha value is -2.34. The van der Waals surface area contributed by atoms with Crippen LogP contribution < -0.4 is 9.62 Å². The Morgan fingerprint density at radius 1 is 1.00 bits per heavy atom. The number of amides is 1. The van der Waals surface area contributed by atoms with Crippen molar-refractivity contribution in [3.8, 4) is 0 Å². The van der Waals surface area contributed by atoms with Gasteiger partial charge in [0.15, 0.2) is 0 Å². The van der Waals surface area contributed by atoms with E-state index in [0.717, 1.165) is 32.8 Å². The lowest BCUT2D eigenvalue weighted by Crippen LogP contribution is -2.41. The highest BCUT2D eigenvalue weighted by atomic mass is 32.2. The van der Waals surface area contributed by atoms with E-state index < -0.39 is 10.0 Å². The van der Waals surface area contributed by atoms with Gasteiger partial charge >= 0.3 is 0 Å². The number of hydrogen-bond acceptors (Lipinski definition) is 3. The summed E-state index contributed by atoms with van der Waals surface area (Å²) in [6, 6.07) is 11.1. The zero-order valence-electron chi connectivity index (χ0n) is 16.8. The summed E-state index contributed by atoms with van der Waals surface area (Å²) in [6.45, 7) is 9.59. The Bertz CT molecular complexity index is 952. The third-order valence-corrected chi connectivity index (χ3v) is 5.92. The summed E-state index contributed by atoms with van der Waals surface area (Å²) in [7, 11) is -3.58. The van der Waals surface area contributed by atoms with E-state index in [-0.39, 0.29) is 18.5 Å². The number of anilines is 1. The van der Waals surface area contributed by atoms with Crippen LogP contribution >= 0.6 is 0 Å². The fourth-order valence-corrected chi connectivity index (χ4v) is 4.08. The lowest BCUT2D eigenvalue weighted by molar-refractivity contribution is -0.120. The van der Waals surface area contributed by atoms with Gasteiger partial charge in [-0.05, 0) is 68.5 Å². The zero-order chi connectivity index (χ0) is 20.4. The molecule has 0 saturated heterocycles. The fraction of sp³-hybridized carbons (Fsp3) is 0.381. The van der Waals surface area contributed by atoms with Crippen molar-refractivity contribution in [3.05, 3.63) is 64.2 Å². The lowest BCUT2D eigenvalue weighted by Gasteiger charge is -2.25. The molecule has 1 atom stereocenters. The number of carbonyl (C=O) groups is 1. The van der Waals surface area contributed by atoms with E-state index >= 15 is 0 Å². The summed E-state index contributed by atoms with van der Waals surface area (Å²) in [6.07, 6.45) is 1.11. The maximum Gasteiger partial charge on any atom is 0.241 e. The van der Waals surface area contributed by atoms with Gasteiger partial charge in [0.25, 0.3) is 0 Å². The van der Waals surface area contributed by atoms with Crippen molar-refractivity contribution in [2.45, 2.75) is 40.7 Å². The highest BCUT2D eigenvalue weighted by molar-refractivity contribution is 7.92. The van der Waals surface area contributed by atoms with Gasteiger partial charge in [0.1, 0.15) is 6.54 Å². The summed E-state index contributed by atoms with van der Waals surface area (Å²) in [4.78, 5) is 12.6. The van der Waals surface area contributed by atoms with E-state index in [2.05, 4.69) is 24.4 Å². The smallest absolute Gasteiger partial charge is 0.241 e. The number of carbonyl (C=O) groups excluding carboxylic acids is 1. The summed E-state index contributed by atoms with van der Waals surface area (Å²) in [5.74, 6) is -0.339. The van der Waals surface area contributed by atoms with Crippen LogP contribution in [-0.4, -0.2) is 27.1 Å². The van der Waals surface area contributed by atoms with Crippen LogP contribution in [0.4, 0.5) is 5.69 Å². The Balaban J connectivity index is 2.22. The van der Waals surface area contributed by atoms with Crippen molar-refractivity contribution in [2.24, 2.45) is 0 Å². The molecule has 0 heterocycles. The summed E-state index contributed by atoms with van der Waals surface area (Å²) in [5, 5.41) is 2.93. The molecule has 1 amide bonds. The first-order chi connectivity index (χ1) is 12.5. The van der Waals surface area contributed by atoms with E-state index in [9.17, 15) is 13.2 Å². The summed E-state index contributed by atoms with van der Waals surface area (Å²) < 4.78 is 25.7. The first-order valence-electron chi connectivity index (χ1n) is 8.91. The van der Waals surface area contributed by atoms with Crippen LogP contribution in [0.1, 0.15) is 40.8 Å². The minimum Gasteiger partial charge on any atom is -0.348 e. The first-order valence-corrected chi connectivity index (χ1v) is 10.8. The van der Waals surface area contributed by atoms with E-state index in [1.54, 1.807) is 12.1 Å². The van der Waals surface area contributed by atoms with Crippen LogP contribution in [0.2, 0.25) is 0 Å². The average molecular weight is 389 g/mol. The number of benzene rings is 2. The highest BCUT2D eigenvalue weighted by Gasteiger charge is 2.23. The molecule has 2 aromatic carbocycles. The second-order valence-electron chi connectivity index (χ2n) is 7.14. The third kappa shape index (κ3) is 5.10. The Kier molecular flexibility index (Phi) is 6.31. The molecule has 0 bridgehead atoms. The van der Waals surface area contributed by atoms with E-state index in [1.165, 1.54) is 5.56 Å². The monoisotopic (exact) mass is 388 g/mol. The van der Waals surface area contributed by atoms with Crippen LogP contribution in [0.25, 0.3) is 0 Å². The molecule has 0 aliphatic heterocycles. The second-order valence-corrected chi connectivity index (χ2v) is 9.05. The molecule has 2 rings (SSSR count). The molecular formula is C21H28N2O3S. The van der Waals surface area contributed by atoms with Gasteiger partial charge in [-0.25, -0.2) is 8.42 Å². The molecule has 2 aromatic rings. The van der Waals surface area contributed by atoms with Crippen molar-refractivity contribution in [2.75, 3.05) is 17.1 Å². The van der Waals surface area contributed by atoms with Gasteiger partial charge in [-0.3, -0.25) is 9.10 Å². The maximum absolute atomic E-state index is 12.6. The minimum atomic E-state index is -3.58. The zero-order valence-corrected chi connectivity index (χ0v) is 17.6. The summed E-state index contributed by atoms with van der Waals surface area (Å²) in [5.41, 5.74) is 5.82. The van der Waals surface area contributed by atoms with Gasteiger partial charge in [-0.15, -0.1) is 0 Å². The molecular weight excluding hydrogens is 360 g/mol. The normalized spacial score (nSPS) is 12.5. The molecule has 146 valence electrons. The molecule has 1 N–H and O–H groups in total. The maximum atomic E-state index is 12.6. The number of nitrogens with zero attached hydrogens (tertiary/aromatic N) is 1. The van der Waals surface area contributed by atoms with E-state index in [0.29, 0.717) is 5.69 Å². The fourth-order valence-electron chi connectivity index (χ4n) is 3.17. The van der Waals surface area contributed by atoms with Crippen LogP contribution in [0.3, 0.4) is 0 Å². The highest BCUT2D eigenvalue weighted by Crippen LogP contribution is 2.23. The van der Waals surface area contributed by atoms with Gasteiger partial charge in [0, 0.05) is 0 Å². The number of sulfonamides is 1. The molecule has 1 unspecified atom stereocenters. The quantitative estimate of drug-likeness (QED) is 0.823.